The van der Waals surface area contributed by atoms with Gasteiger partial charge in [-0.05, 0) is 49.7 Å². The Bertz CT molecular complexity index is 781. The fourth-order valence-corrected chi connectivity index (χ4v) is 2.67. The van der Waals surface area contributed by atoms with E-state index in [4.69, 9.17) is 14.2 Å². The van der Waals surface area contributed by atoms with Crippen LogP contribution in [0.15, 0.2) is 48.5 Å². The van der Waals surface area contributed by atoms with Crippen molar-refractivity contribution < 1.29 is 23.8 Å². The van der Waals surface area contributed by atoms with Gasteiger partial charge in [-0.1, -0.05) is 18.2 Å². The Kier molecular flexibility index (Phi) is 5.80. The molecule has 27 heavy (non-hydrogen) atoms. The minimum Gasteiger partial charge on any atom is -0.494 e. The third-order valence-electron chi connectivity index (χ3n) is 4.07. The van der Waals surface area contributed by atoms with Crippen LogP contribution >= 0.6 is 0 Å². The number of hydrogen-bond acceptors (Lipinski definition) is 5. The summed E-state index contributed by atoms with van der Waals surface area (Å²) in [4.78, 5) is 24.3. The summed E-state index contributed by atoms with van der Waals surface area (Å²) in [6.07, 6.45) is -0.981. The fourth-order valence-electron chi connectivity index (χ4n) is 2.67. The largest absolute Gasteiger partial charge is 0.494 e. The van der Waals surface area contributed by atoms with Crippen LogP contribution in [0.4, 0.5) is 0 Å². The molecule has 1 aliphatic heterocycles. The molecule has 0 radical (unpaired) electrons. The molecule has 1 heterocycles. The summed E-state index contributed by atoms with van der Waals surface area (Å²) in [5.74, 6) is 1.07. The molecule has 142 valence electrons. The van der Waals surface area contributed by atoms with Gasteiger partial charge in [0, 0.05) is 6.42 Å². The third kappa shape index (κ3) is 4.69. The molecular formula is C20H22N2O5. The quantitative estimate of drug-likeness (QED) is 0.760. The first-order valence-corrected chi connectivity index (χ1v) is 8.80. The predicted molar refractivity (Wildman–Crippen MR) is 98.5 cm³/mol. The molecule has 3 rings (SSSR count). The highest BCUT2D eigenvalue weighted by Crippen LogP contribution is 2.28. The Morgan fingerprint density at radius 1 is 1.11 bits per heavy atom. The first-order chi connectivity index (χ1) is 13.1. The van der Waals surface area contributed by atoms with Crippen LogP contribution in [0.3, 0.4) is 0 Å². The smallest absolute Gasteiger partial charge is 0.279 e. The highest BCUT2D eigenvalue weighted by Gasteiger charge is 2.29. The van der Waals surface area contributed by atoms with Gasteiger partial charge in [0.2, 0.25) is 0 Å². The van der Waals surface area contributed by atoms with Gasteiger partial charge < -0.3 is 14.2 Å². The third-order valence-corrected chi connectivity index (χ3v) is 4.07. The van der Waals surface area contributed by atoms with E-state index in [-0.39, 0.29) is 0 Å². The normalized spacial score (nSPS) is 15.9. The highest BCUT2D eigenvalue weighted by molar-refractivity contribution is 5.87. The van der Waals surface area contributed by atoms with E-state index in [9.17, 15) is 9.59 Å². The maximum atomic E-state index is 12.2. The Hall–Kier alpha value is -3.22. The number of benzene rings is 2. The topological polar surface area (TPSA) is 85.9 Å². The lowest BCUT2D eigenvalue weighted by Gasteiger charge is -2.16. The molecule has 2 aromatic carbocycles. The summed E-state index contributed by atoms with van der Waals surface area (Å²) in [6, 6.07) is 14.4. The standard InChI is InChI=1S/C20H22N2O5/c1-3-25-15-8-10-16(11-9-15)26-13(2)19(23)21-22-20(24)18-12-14-6-4-5-7-17(14)27-18/h4-11,13,18H,3,12H2,1-2H3,(H,21,23)(H,22,24)/t13-,18+/m0/s1. The van der Waals surface area contributed by atoms with Gasteiger partial charge >= 0.3 is 0 Å². The summed E-state index contributed by atoms with van der Waals surface area (Å²) in [6.45, 7) is 4.08. The second-order valence-corrected chi connectivity index (χ2v) is 6.06. The minimum atomic E-state index is -0.787. The molecule has 0 fully saturated rings. The molecule has 7 heteroatoms. The van der Waals surface area contributed by atoms with Crippen LogP contribution in [0.25, 0.3) is 0 Å². The molecule has 2 N–H and O–H groups in total. The van der Waals surface area contributed by atoms with Crippen LogP contribution in [0.2, 0.25) is 0 Å². The number of rotatable bonds is 6. The van der Waals surface area contributed by atoms with Gasteiger partial charge in [-0.15, -0.1) is 0 Å². The van der Waals surface area contributed by atoms with Gasteiger partial charge in [0.25, 0.3) is 11.8 Å². The molecule has 2 aromatic rings. The number of para-hydroxylation sites is 1. The van der Waals surface area contributed by atoms with Gasteiger partial charge in [0.1, 0.15) is 17.2 Å². The lowest BCUT2D eigenvalue weighted by molar-refractivity contribution is -0.135. The SMILES string of the molecule is CCOc1ccc(O[C@@H](C)C(=O)NNC(=O)[C@H]2Cc3ccccc3O2)cc1. The number of amides is 2. The number of carbonyl (C=O) groups is 2. The predicted octanol–water partition coefficient (Wildman–Crippen LogP) is 2.00. The number of nitrogens with one attached hydrogen (secondary N) is 2. The fraction of sp³-hybridized carbons (Fsp3) is 0.300. The maximum absolute atomic E-state index is 12.2. The van der Waals surface area contributed by atoms with Crippen LogP contribution in [0.1, 0.15) is 19.4 Å². The van der Waals surface area contributed by atoms with Gasteiger partial charge in [-0.2, -0.15) is 0 Å². The van der Waals surface area contributed by atoms with Gasteiger partial charge in [-0.3, -0.25) is 20.4 Å². The molecular weight excluding hydrogens is 348 g/mol. The number of fused-ring (bicyclic) bond motifs is 1. The molecule has 0 unspecified atom stereocenters. The Labute approximate surface area is 157 Å². The number of hydrogen-bond donors (Lipinski definition) is 2. The first kappa shape index (κ1) is 18.6. The van der Waals surface area contributed by atoms with Crippen molar-refractivity contribution in [2.45, 2.75) is 32.5 Å². The van der Waals surface area contributed by atoms with Crippen molar-refractivity contribution in [3.05, 3.63) is 54.1 Å². The molecule has 0 aliphatic carbocycles. The summed E-state index contributed by atoms with van der Waals surface area (Å²) in [5.41, 5.74) is 5.73. The average Bonchev–Trinajstić information content (AvgIpc) is 3.12. The molecule has 2 atom stereocenters. The summed E-state index contributed by atoms with van der Waals surface area (Å²) in [7, 11) is 0. The average molecular weight is 370 g/mol. The van der Waals surface area contributed by atoms with E-state index < -0.39 is 24.0 Å². The molecule has 0 bridgehead atoms. The Morgan fingerprint density at radius 3 is 2.52 bits per heavy atom. The zero-order valence-corrected chi connectivity index (χ0v) is 15.2. The van der Waals surface area contributed by atoms with E-state index in [1.807, 2.05) is 31.2 Å². The Balaban J connectivity index is 1.45. The zero-order valence-electron chi connectivity index (χ0n) is 15.2. The highest BCUT2D eigenvalue weighted by atomic mass is 16.5. The van der Waals surface area contributed by atoms with Crippen molar-refractivity contribution in [1.29, 1.82) is 0 Å². The van der Waals surface area contributed by atoms with Crippen LogP contribution in [-0.4, -0.2) is 30.6 Å². The van der Waals surface area contributed by atoms with Gasteiger partial charge in [-0.25, -0.2) is 0 Å². The van der Waals surface area contributed by atoms with Crippen molar-refractivity contribution >= 4 is 11.8 Å². The zero-order chi connectivity index (χ0) is 19.2. The first-order valence-electron chi connectivity index (χ1n) is 8.80. The number of carbonyl (C=O) groups excluding carboxylic acids is 2. The molecule has 1 aliphatic rings. The van der Waals surface area contributed by atoms with Crippen LogP contribution < -0.4 is 25.1 Å². The second-order valence-electron chi connectivity index (χ2n) is 6.06. The second kappa shape index (κ2) is 8.44. The van der Waals surface area contributed by atoms with Crippen LogP contribution in [-0.2, 0) is 16.0 Å². The van der Waals surface area contributed by atoms with Crippen molar-refractivity contribution in [3.63, 3.8) is 0 Å². The van der Waals surface area contributed by atoms with Crippen molar-refractivity contribution in [1.82, 2.24) is 10.9 Å². The summed E-state index contributed by atoms with van der Waals surface area (Å²) >= 11 is 0. The molecule has 0 saturated heterocycles. The molecule has 2 amide bonds. The van der Waals surface area contributed by atoms with Gasteiger partial charge in [0.05, 0.1) is 6.61 Å². The minimum absolute atomic E-state index is 0.409. The van der Waals surface area contributed by atoms with Crippen molar-refractivity contribution in [2.75, 3.05) is 6.61 Å². The van der Waals surface area contributed by atoms with E-state index in [2.05, 4.69) is 10.9 Å². The lowest BCUT2D eigenvalue weighted by atomic mass is 10.1. The molecule has 7 nitrogen and oxygen atoms in total. The number of ether oxygens (including phenoxy) is 3. The van der Waals surface area contributed by atoms with E-state index in [1.165, 1.54) is 0 Å². The van der Waals surface area contributed by atoms with E-state index >= 15 is 0 Å². The molecule has 0 saturated carbocycles. The lowest BCUT2D eigenvalue weighted by Crippen LogP contribution is -2.51. The van der Waals surface area contributed by atoms with Crippen molar-refractivity contribution in [2.24, 2.45) is 0 Å². The molecule has 0 aromatic heterocycles. The van der Waals surface area contributed by atoms with E-state index in [0.29, 0.717) is 24.5 Å². The van der Waals surface area contributed by atoms with E-state index in [1.54, 1.807) is 31.2 Å². The summed E-state index contributed by atoms with van der Waals surface area (Å²) < 4.78 is 16.5. The van der Waals surface area contributed by atoms with E-state index in [0.717, 1.165) is 11.3 Å². The van der Waals surface area contributed by atoms with Gasteiger partial charge in [0.15, 0.2) is 12.2 Å². The Morgan fingerprint density at radius 2 is 1.81 bits per heavy atom. The monoisotopic (exact) mass is 370 g/mol. The van der Waals surface area contributed by atoms with Crippen LogP contribution in [0.5, 0.6) is 17.2 Å². The summed E-state index contributed by atoms with van der Waals surface area (Å²) in [5, 5.41) is 0. The molecule has 0 spiro atoms. The van der Waals surface area contributed by atoms with Crippen LogP contribution in [0, 0.1) is 0 Å². The maximum Gasteiger partial charge on any atom is 0.279 e. The number of hydrazine groups is 1. The van der Waals surface area contributed by atoms with Crippen molar-refractivity contribution in [3.8, 4) is 17.2 Å².